The van der Waals surface area contributed by atoms with E-state index in [9.17, 15) is 13.2 Å². The van der Waals surface area contributed by atoms with Gasteiger partial charge >= 0.3 is 35.7 Å². The molecule has 3 nitrogen and oxygen atoms in total. The zero-order chi connectivity index (χ0) is 17.2. The van der Waals surface area contributed by atoms with Gasteiger partial charge in [-0.15, -0.1) is 0 Å². The average Bonchev–Trinajstić information content (AvgIpc) is 2.54. The zero-order valence-electron chi connectivity index (χ0n) is 14.1. The van der Waals surface area contributed by atoms with E-state index in [2.05, 4.69) is 25.9 Å². The van der Waals surface area contributed by atoms with E-state index in [1.54, 1.807) is 18.2 Å². The largest absolute Gasteiger partial charge is 1.00 e. The van der Waals surface area contributed by atoms with Gasteiger partial charge in [0, 0.05) is 16.1 Å². The molecule has 25 heavy (non-hydrogen) atoms. The fourth-order valence-electron chi connectivity index (χ4n) is 2.03. The Bertz CT molecular complexity index is 863. The van der Waals surface area contributed by atoms with Crippen molar-refractivity contribution in [2.24, 2.45) is 0 Å². The van der Waals surface area contributed by atoms with Gasteiger partial charge in [0.1, 0.15) is 12.1 Å². The van der Waals surface area contributed by atoms with Gasteiger partial charge in [-0.1, -0.05) is 34.1 Å². The van der Waals surface area contributed by atoms with Gasteiger partial charge in [-0.25, -0.2) is 9.97 Å². The number of hydrogen-bond donors (Lipinski definition) is 0. The maximum absolute atomic E-state index is 12.6. The average molecular weight is 419 g/mol. The molecule has 0 saturated carbocycles. The number of nitrogens with zero attached hydrogens (tertiary/aromatic N) is 2. The Morgan fingerprint density at radius 3 is 2.32 bits per heavy atom. The van der Waals surface area contributed by atoms with Gasteiger partial charge in [0.25, 0.3) is 0 Å². The monoisotopic (exact) mass is 418 g/mol. The molecule has 2 aromatic carbocycles. The molecule has 0 radical (unpaired) electrons. The second-order valence-electron chi connectivity index (χ2n) is 4.88. The second-order valence-corrected chi connectivity index (χ2v) is 5.79. The summed E-state index contributed by atoms with van der Waals surface area (Å²) in [5.74, 6) is 0.888. The number of alkyl halides is 3. The Morgan fingerprint density at radius 1 is 0.960 bits per heavy atom. The van der Waals surface area contributed by atoms with E-state index >= 15 is 0 Å². The van der Waals surface area contributed by atoms with Crippen LogP contribution in [0.4, 0.5) is 13.2 Å². The van der Waals surface area contributed by atoms with Crippen molar-refractivity contribution in [3.05, 3.63) is 71.0 Å². The predicted molar refractivity (Wildman–Crippen MR) is 87.8 cm³/mol. The van der Waals surface area contributed by atoms with Crippen molar-refractivity contribution in [3.8, 4) is 22.9 Å². The zero-order valence-corrected chi connectivity index (χ0v) is 16.7. The first-order chi connectivity index (χ1) is 11.4. The van der Waals surface area contributed by atoms with Crippen molar-refractivity contribution in [1.82, 2.24) is 9.97 Å². The number of hydrogen-bond acceptors (Lipinski definition) is 3. The third-order valence-electron chi connectivity index (χ3n) is 3.17. The molecule has 0 spiro atoms. The summed E-state index contributed by atoms with van der Waals surface area (Å²) < 4.78 is 44.3. The smallest absolute Gasteiger partial charge is 1.00 e. The second kappa shape index (κ2) is 8.31. The molecule has 0 aliphatic rings. The van der Waals surface area contributed by atoms with Crippen molar-refractivity contribution >= 4 is 15.9 Å². The van der Waals surface area contributed by atoms with E-state index in [1.807, 2.05) is 12.1 Å². The summed E-state index contributed by atoms with van der Waals surface area (Å²) in [6, 6.07) is 13.6. The van der Waals surface area contributed by atoms with Crippen LogP contribution in [0.2, 0.25) is 0 Å². The summed E-state index contributed by atoms with van der Waals surface area (Å²) in [5.41, 5.74) is 0.319. The van der Waals surface area contributed by atoms with Crippen LogP contribution >= 0.6 is 15.9 Å². The minimum absolute atomic E-state index is 0. The summed E-state index contributed by atoms with van der Waals surface area (Å²) in [6.45, 7) is 0. The summed E-state index contributed by atoms with van der Waals surface area (Å²) in [7, 11) is 0. The molecular formula is C17H11BrF3N2NaO. The molecule has 3 rings (SSSR count). The third-order valence-corrected chi connectivity index (χ3v) is 3.66. The summed E-state index contributed by atoms with van der Waals surface area (Å²) in [6.07, 6.45) is -3.06. The molecule has 0 fully saturated rings. The van der Waals surface area contributed by atoms with Crippen molar-refractivity contribution in [2.75, 3.05) is 0 Å². The van der Waals surface area contributed by atoms with E-state index in [0.717, 1.165) is 16.6 Å². The normalized spacial score (nSPS) is 10.9. The van der Waals surface area contributed by atoms with Crippen LogP contribution in [0.5, 0.6) is 11.6 Å². The molecule has 0 bridgehead atoms. The maximum atomic E-state index is 12.6. The molecular weight excluding hydrogens is 408 g/mol. The quantitative estimate of drug-likeness (QED) is 0.613. The van der Waals surface area contributed by atoms with Crippen LogP contribution in [-0.2, 0) is 6.18 Å². The molecule has 0 aliphatic heterocycles. The number of ether oxygens (including phenoxy) is 1. The molecule has 0 N–H and O–H groups in total. The van der Waals surface area contributed by atoms with E-state index in [-0.39, 0.29) is 31.0 Å². The van der Waals surface area contributed by atoms with Crippen LogP contribution in [0.25, 0.3) is 11.3 Å². The fraction of sp³-hybridized carbons (Fsp3) is 0.0588. The number of aromatic nitrogens is 2. The SMILES string of the molecule is FC(F)(F)c1ccc(-c2cc(Oc3cccc(Br)c3)ncn2)cc1.[H-].[Na+]. The molecule has 0 atom stereocenters. The molecule has 0 unspecified atom stereocenters. The van der Waals surface area contributed by atoms with Crippen LogP contribution in [0.1, 0.15) is 6.99 Å². The Labute approximate surface area is 174 Å². The van der Waals surface area contributed by atoms with Crippen molar-refractivity contribution in [3.63, 3.8) is 0 Å². The van der Waals surface area contributed by atoms with E-state index in [1.165, 1.54) is 18.5 Å². The van der Waals surface area contributed by atoms with E-state index < -0.39 is 11.7 Å². The predicted octanol–water partition coefficient (Wildman–Crippen LogP) is 2.83. The van der Waals surface area contributed by atoms with Crippen LogP contribution in [-0.4, -0.2) is 9.97 Å². The maximum Gasteiger partial charge on any atom is 1.00 e. The molecule has 0 aliphatic carbocycles. The standard InChI is InChI=1S/C17H10BrF3N2O.Na.H/c18-13-2-1-3-14(8-13)24-16-9-15(22-10-23-16)11-4-6-12(7-5-11)17(19,20)21;;/h1-10H;;/q;+1;-1. The van der Waals surface area contributed by atoms with Gasteiger partial charge in [0.15, 0.2) is 0 Å². The van der Waals surface area contributed by atoms with Crippen molar-refractivity contribution < 1.29 is 48.9 Å². The molecule has 124 valence electrons. The Balaban J connectivity index is 0.00000169. The van der Waals surface area contributed by atoms with E-state index in [4.69, 9.17) is 4.74 Å². The summed E-state index contributed by atoms with van der Waals surface area (Å²) in [4.78, 5) is 8.10. The van der Waals surface area contributed by atoms with Gasteiger partial charge in [-0.3, -0.25) is 0 Å². The Hall–Kier alpha value is -1.41. The summed E-state index contributed by atoms with van der Waals surface area (Å²) >= 11 is 3.34. The fourth-order valence-corrected chi connectivity index (χ4v) is 2.41. The minimum atomic E-state index is -4.36. The van der Waals surface area contributed by atoms with Gasteiger partial charge in [-0.05, 0) is 30.3 Å². The molecule has 0 amide bonds. The summed E-state index contributed by atoms with van der Waals surface area (Å²) in [5, 5.41) is 0. The van der Waals surface area contributed by atoms with E-state index in [0.29, 0.717) is 22.9 Å². The third kappa shape index (κ3) is 5.28. The molecule has 0 saturated heterocycles. The number of halogens is 4. The Kier molecular flexibility index (Phi) is 6.62. The number of rotatable bonds is 3. The van der Waals surface area contributed by atoms with Crippen LogP contribution in [0.15, 0.2) is 65.4 Å². The molecule has 8 heteroatoms. The van der Waals surface area contributed by atoms with Gasteiger partial charge in [-0.2, -0.15) is 13.2 Å². The van der Waals surface area contributed by atoms with Crippen LogP contribution in [0.3, 0.4) is 0 Å². The van der Waals surface area contributed by atoms with Crippen molar-refractivity contribution in [1.29, 1.82) is 0 Å². The Morgan fingerprint density at radius 2 is 1.68 bits per heavy atom. The van der Waals surface area contributed by atoms with Crippen molar-refractivity contribution in [2.45, 2.75) is 6.18 Å². The van der Waals surface area contributed by atoms with Crippen LogP contribution < -0.4 is 34.3 Å². The van der Waals surface area contributed by atoms with Gasteiger partial charge in [0.05, 0.1) is 11.3 Å². The topological polar surface area (TPSA) is 35.0 Å². The first-order valence-corrected chi connectivity index (χ1v) is 7.64. The first kappa shape index (κ1) is 19.9. The molecule has 1 aromatic heterocycles. The molecule has 1 heterocycles. The number of benzene rings is 2. The van der Waals surface area contributed by atoms with Crippen LogP contribution in [0, 0.1) is 0 Å². The van der Waals surface area contributed by atoms with Gasteiger partial charge < -0.3 is 6.16 Å². The molecule has 3 aromatic rings. The minimum Gasteiger partial charge on any atom is -1.00 e. The van der Waals surface area contributed by atoms with Gasteiger partial charge in [0.2, 0.25) is 5.88 Å². The first-order valence-electron chi connectivity index (χ1n) is 6.85.